The fourth-order valence-corrected chi connectivity index (χ4v) is 2.62. The van der Waals surface area contributed by atoms with Gasteiger partial charge >= 0.3 is 0 Å². The summed E-state index contributed by atoms with van der Waals surface area (Å²) in [7, 11) is 0. The van der Waals surface area contributed by atoms with Gasteiger partial charge in [-0.2, -0.15) is 0 Å². The Morgan fingerprint density at radius 2 is 1.79 bits per heavy atom. The summed E-state index contributed by atoms with van der Waals surface area (Å²) >= 11 is 6.27. The van der Waals surface area contributed by atoms with E-state index in [0.717, 1.165) is 5.56 Å². The minimum atomic E-state index is -0.468. The standard InChI is InChI=1S/C17H12ClN3O3/c18-16-15(11-22)19-17(13-6-8-14(9-7-13)21(23)24)20(16)10-12-4-2-1-3-5-12/h1-9,11H,10H2. The van der Waals surface area contributed by atoms with Crippen LogP contribution >= 0.6 is 11.6 Å². The van der Waals surface area contributed by atoms with Gasteiger partial charge in [0.25, 0.3) is 5.69 Å². The van der Waals surface area contributed by atoms with Crippen LogP contribution in [0.5, 0.6) is 0 Å². The van der Waals surface area contributed by atoms with Crippen molar-refractivity contribution in [2.45, 2.75) is 6.54 Å². The van der Waals surface area contributed by atoms with E-state index in [4.69, 9.17) is 11.6 Å². The Morgan fingerprint density at radius 3 is 2.38 bits per heavy atom. The second kappa shape index (κ2) is 6.64. The molecule has 0 saturated heterocycles. The van der Waals surface area contributed by atoms with E-state index in [1.807, 2.05) is 30.3 Å². The normalized spacial score (nSPS) is 10.5. The Morgan fingerprint density at radius 1 is 1.12 bits per heavy atom. The quantitative estimate of drug-likeness (QED) is 0.399. The minimum absolute atomic E-state index is 0.0124. The summed E-state index contributed by atoms with van der Waals surface area (Å²) in [6.45, 7) is 0.437. The molecule has 0 bridgehead atoms. The molecule has 1 aromatic heterocycles. The van der Waals surface area contributed by atoms with Crippen LogP contribution in [0.1, 0.15) is 16.1 Å². The molecule has 0 amide bonds. The molecule has 24 heavy (non-hydrogen) atoms. The summed E-state index contributed by atoms with van der Waals surface area (Å²) in [6.07, 6.45) is 0.596. The molecule has 0 spiro atoms. The van der Waals surface area contributed by atoms with Crippen molar-refractivity contribution in [3.8, 4) is 11.4 Å². The lowest BCUT2D eigenvalue weighted by atomic mass is 10.2. The van der Waals surface area contributed by atoms with Crippen molar-refractivity contribution >= 4 is 23.6 Å². The van der Waals surface area contributed by atoms with Crippen LogP contribution in [0.15, 0.2) is 54.6 Å². The maximum absolute atomic E-state index is 11.2. The van der Waals surface area contributed by atoms with Crippen molar-refractivity contribution in [1.82, 2.24) is 9.55 Å². The molecule has 0 atom stereocenters. The van der Waals surface area contributed by atoms with E-state index in [9.17, 15) is 14.9 Å². The first-order valence-corrected chi connectivity index (χ1v) is 7.48. The summed E-state index contributed by atoms with van der Waals surface area (Å²) in [4.78, 5) is 25.7. The third kappa shape index (κ3) is 3.04. The second-order valence-corrected chi connectivity index (χ2v) is 5.46. The van der Waals surface area contributed by atoms with Gasteiger partial charge in [-0.15, -0.1) is 0 Å². The Bertz CT molecular complexity index is 889. The Kier molecular flexibility index (Phi) is 4.39. The highest BCUT2D eigenvalue weighted by atomic mass is 35.5. The molecule has 0 fully saturated rings. The number of nitro groups is 1. The number of non-ortho nitro benzene ring substituents is 1. The number of hydrogen-bond acceptors (Lipinski definition) is 4. The number of nitro benzene ring substituents is 1. The van der Waals surface area contributed by atoms with Crippen LogP contribution in [-0.2, 0) is 6.54 Å². The molecular formula is C17H12ClN3O3. The van der Waals surface area contributed by atoms with Gasteiger partial charge in [-0.1, -0.05) is 41.9 Å². The molecule has 0 radical (unpaired) electrons. The fourth-order valence-electron chi connectivity index (χ4n) is 2.39. The SMILES string of the molecule is O=Cc1nc(-c2ccc([N+](=O)[O-])cc2)n(Cc2ccccc2)c1Cl. The van der Waals surface area contributed by atoms with Crippen LogP contribution in [0.2, 0.25) is 5.15 Å². The van der Waals surface area contributed by atoms with Crippen LogP contribution in [0.25, 0.3) is 11.4 Å². The van der Waals surface area contributed by atoms with Crippen molar-refractivity contribution in [3.63, 3.8) is 0 Å². The van der Waals surface area contributed by atoms with E-state index in [0.29, 0.717) is 24.2 Å². The van der Waals surface area contributed by atoms with Crippen LogP contribution in [0, 0.1) is 10.1 Å². The first kappa shape index (κ1) is 15.9. The van der Waals surface area contributed by atoms with Crippen LogP contribution in [0.3, 0.4) is 0 Å². The van der Waals surface area contributed by atoms with E-state index >= 15 is 0 Å². The number of hydrogen-bond donors (Lipinski definition) is 0. The van der Waals surface area contributed by atoms with Crippen LogP contribution in [0.4, 0.5) is 5.69 Å². The Hall–Kier alpha value is -2.99. The number of nitrogens with zero attached hydrogens (tertiary/aromatic N) is 3. The minimum Gasteiger partial charge on any atom is -0.310 e. The van der Waals surface area contributed by atoms with Crippen molar-refractivity contribution in [1.29, 1.82) is 0 Å². The van der Waals surface area contributed by atoms with Gasteiger partial charge in [0.15, 0.2) is 6.29 Å². The highest BCUT2D eigenvalue weighted by molar-refractivity contribution is 6.32. The zero-order chi connectivity index (χ0) is 17.1. The van der Waals surface area contributed by atoms with E-state index in [1.165, 1.54) is 12.1 Å². The number of carbonyl (C=O) groups excluding carboxylic acids is 1. The zero-order valence-corrected chi connectivity index (χ0v) is 13.2. The Labute approximate surface area is 142 Å². The van der Waals surface area contributed by atoms with Crippen molar-refractivity contribution < 1.29 is 9.72 Å². The lowest BCUT2D eigenvalue weighted by molar-refractivity contribution is -0.384. The van der Waals surface area contributed by atoms with Gasteiger partial charge in [0.2, 0.25) is 0 Å². The van der Waals surface area contributed by atoms with Gasteiger partial charge in [-0.3, -0.25) is 14.9 Å². The number of aromatic nitrogens is 2. The molecular weight excluding hydrogens is 330 g/mol. The molecule has 0 aliphatic heterocycles. The van der Waals surface area contributed by atoms with Gasteiger partial charge in [0, 0.05) is 17.7 Å². The first-order chi connectivity index (χ1) is 11.6. The largest absolute Gasteiger partial charge is 0.310 e. The smallest absolute Gasteiger partial charge is 0.269 e. The molecule has 0 aliphatic rings. The summed E-state index contributed by atoms with van der Waals surface area (Å²) < 4.78 is 1.71. The molecule has 7 heteroatoms. The highest BCUT2D eigenvalue weighted by Crippen LogP contribution is 2.27. The van der Waals surface area contributed by atoms with Gasteiger partial charge in [-0.25, -0.2) is 4.98 Å². The van der Waals surface area contributed by atoms with E-state index in [1.54, 1.807) is 16.7 Å². The summed E-state index contributed by atoms with van der Waals surface area (Å²) in [6, 6.07) is 15.6. The topological polar surface area (TPSA) is 78.0 Å². The van der Waals surface area contributed by atoms with E-state index in [-0.39, 0.29) is 16.5 Å². The number of rotatable bonds is 5. The van der Waals surface area contributed by atoms with Gasteiger partial charge in [-0.05, 0) is 17.7 Å². The molecule has 3 aromatic rings. The van der Waals surface area contributed by atoms with Gasteiger partial charge in [0.05, 0.1) is 11.5 Å². The third-order valence-corrected chi connectivity index (χ3v) is 3.96. The van der Waals surface area contributed by atoms with Gasteiger partial charge in [0.1, 0.15) is 16.7 Å². The maximum atomic E-state index is 11.2. The number of halogens is 1. The highest BCUT2D eigenvalue weighted by Gasteiger charge is 2.17. The fraction of sp³-hybridized carbons (Fsp3) is 0.0588. The molecule has 0 unspecified atom stereocenters. The average molecular weight is 342 g/mol. The number of imidazole rings is 1. The van der Waals surface area contributed by atoms with Crippen molar-refractivity contribution in [2.75, 3.05) is 0 Å². The maximum Gasteiger partial charge on any atom is 0.269 e. The average Bonchev–Trinajstić information content (AvgIpc) is 2.92. The molecule has 120 valence electrons. The molecule has 3 rings (SSSR count). The number of carbonyl (C=O) groups is 1. The monoisotopic (exact) mass is 341 g/mol. The first-order valence-electron chi connectivity index (χ1n) is 7.10. The lowest BCUT2D eigenvalue weighted by Gasteiger charge is -2.09. The molecule has 6 nitrogen and oxygen atoms in total. The predicted octanol–water partition coefficient (Wildman–Crippen LogP) is 3.97. The summed E-state index contributed by atoms with van der Waals surface area (Å²) in [5, 5.41) is 11.0. The van der Waals surface area contributed by atoms with Crippen molar-refractivity contribution in [2.24, 2.45) is 0 Å². The molecule has 2 aromatic carbocycles. The zero-order valence-electron chi connectivity index (χ0n) is 12.4. The van der Waals surface area contributed by atoms with Crippen molar-refractivity contribution in [3.05, 3.63) is 81.1 Å². The molecule has 0 N–H and O–H groups in total. The molecule has 1 heterocycles. The third-order valence-electron chi connectivity index (χ3n) is 3.56. The van der Waals surface area contributed by atoms with Crippen LogP contribution in [-0.4, -0.2) is 20.8 Å². The number of benzene rings is 2. The van der Waals surface area contributed by atoms with Gasteiger partial charge < -0.3 is 4.57 Å². The Balaban J connectivity index is 2.06. The predicted molar refractivity (Wildman–Crippen MR) is 90.3 cm³/mol. The number of aldehydes is 1. The second-order valence-electron chi connectivity index (χ2n) is 5.11. The lowest BCUT2D eigenvalue weighted by Crippen LogP contribution is -2.02. The van der Waals surface area contributed by atoms with E-state index in [2.05, 4.69) is 4.98 Å². The molecule has 0 saturated carbocycles. The molecule has 0 aliphatic carbocycles. The van der Waals surface area contributed by atoms with E-state index < -0.39 is 4.92 Å². The van der Waals surface area contributed by atoms with Crippen LogP contribution < -0.4 is 0 Å². The summed E-state index contributed by atoms with van der Waals surface area (Å²) in [5.41, 5.74) is 1.77. The summed E-state index contributed by atoms with van der Waals surface area (Å²) in [5.74, 6) is 0.487.